The van der Waals surface area contributed by atoms with Crippen molar-refractivity contribution in [2.75, 3.05) is 6.54 Å². The Morgan fingerprint density at radius 2 is 2.00 bits per heavy atom. The smallest absolute Gasteiger partial charge is 0.0827 e. The molecule has 4 N–H and O–H groups in total. The lowest BCUT2D eigenvalue weighted by Crippen LogP contribution is -2.38. The van der Waals surface area contributed by atoms with Gasteiger partial charge >= 0.3 is 0 Å². The van der Waals surface area contributed by atoms with Crippen LogP contribution in [0.2, 0.25) is 0 Å². The van der Waals surface area contributed by atoms with Crippen molar-refractivity contribution in [2.24, 2.45) is 11.7 Å². The van der Waals surface area contributed by atoms with Crippen molar-refractivity contribution in [1.82, 2.24) is 0 Å². The van der Waals surface area contributed by atoms with E-state index < -0.39 is 12.2 Å². The Hall–Kier alpha value is -0.120. The van der Waals surface area contributed by atoms with Crippen LogP contribution in [0.4, 0.5) is 0 Å². The summed E-state index contributed by atoms with van der Waals surface area (Å²) in [6.07, 6.45) is 2.55. The Kier molecular flexibility index (Phi) is 3.30. The van der Waals surface area contributed by atoms with Gasteiger partial charge in [-0.2, -0.15) is 0 Å². The van der Waals surface area contributed by atoms with Crippen molar-refractivity contribution >= 4 is 0 Å². The molecule has 3 atom stereocenters. The van der Waals surface area contributed by atoms with Crippen molar-refractivity contribution < 1.29 is 10.2 Å². The minimum atomic E-state index is -0.535. The van der Waals surface area contributed by atoms with Gasteiger partial charge in [0.05, 0.1) is 12.2 Å². The summed E-state index contributed by atoms with van der Waals surface area (Å²) in [5, 5.41) is 18.7. The molecule has 1 saturated carbocycles. The summed E-state index contributed by atoms with van der Waals surface area (Å²) in [7, 11) is 0. The first-order valence-electron chi connectivity index (χ1n) is 4.32. The zero-order valence-corrected chi connectivity index (χ0v) is 6.74. The molecule has 0 radical (unpaired) electrons. The topological polar surface area (TPSA) is 66.5 Å². The standard InChI is InChI=1S/C8H17NO2/c9-5-4-6-2-1-3-7(10)8(6)11/h6-8,10-11H,1-5,9H2. The Morgan fingerprint density at radius 1 is 1.27 bits per heavy atom. The fourth-order valence-corrected chi connectivity index (χ4v) is 1.77. The van der Waals surface area contributed by atoms with Gasteiger partial charge in [-0.1, -0.05) is 6.42 Å². The highest BCUT2D eigenvalue weighted by Crippen LogP contribution is 2.26. The number of aliphatic hydroxyl groups excluding tert-OH is 2. The van der Waals surface area contributed by atoms with Gasteiger partial charge in [0, 0.05) is 0 Å². The third kappa shape index (κ3) is 2.15. The predicted molar refractivity (Wildman–Crippen MR) is 43.0 cm³/mol. The maximum Gasteiger partial charge on any atom is 0.0827 e. The minimum absolute atomic E-state index is 0.226. The molecule has 0 aromatic rings. The maximum atomic E-state index is 9.46. The highest BCUT2D eigenvalue weighted by molar-refractivity contribution is 4.81. The molecular formula is C8H17NO2. The molecule has 0 amide bonds. The molecule has 1 aliphatic carbocycles. The first kappa shape index (κ1) is 8.97. The predicted octanol–water partition coefficient (Wildman–Crippen LogP) is -0.143. The van der Waals surface area contributed by atoms with E-state index in [1.807, 2.05) is 0 Å². The van der Waals surface area contributed by atoms with Crippen LogP contribution in [0.1, 0.15) is 25.7 Å². The largest absolute Gasteiger partial charge is 0.390 e. The SMILES string of the molecule is NCCC1CCCC(O)C1O. The second kappa shape index (κ2) is 4.04. The summed E-state index contributed by atoms with van der Waals surface area (Å²) in [6.45, 7) is 0.606. The van der Waals surface area contributed by atoms with Crippen molar-refractivity contribution in [3.63, 3.8) is 0 Å². The normalized spacial score (nSPS) is 39.0. The third-order valence-electron chi connectivity index (χ3n) is 2.49. The summed E-state index contributed by atoms with van der Waals surface area (Å²) in [5.41, 5.74) is 5.37. The van der Waals surface area contributed by atoms with Crippen molar-refractivity contribution in [2.45, 2.75) is 37.9 Å². The minimum Gasteiger partial charge on any atom is -0.390 e. The molecule has 0 heterocycles. The summed E-state index contributed by atoms with van der Waals surface area (Å²) in [6, 6.07) is 0. The van der Waals surface area contributed by atoms with E-state index >= 15 is 0 Å². The third-order valence-corrected chi connectivity index (χ3v) is 2.49. The van der Waals surface area contributed by atoms with Crippen molar-refractivity contribution in [1.29, 1.82) is 0 Å². The van der Waals surface area contributed by atoms with Crippen LogP contribution in [-0.2, 0) is 0 Å². The summed E-state index contributed by atoms with van der Waals surface area (Å²) in [4.78, 5) is 0. The van der Waals surface area contributed by atoms with Crippen LogP contribution in [-0.4, -0.2) is 29.0 Å². The molecule has 3 nitrogen and oxygen atoms in total. The molecule has 66 valence electrons. The van der Waals surface area contributed by atoms with E-state index in [0.717, 1.165) is 25.7 Å². The summed E-state index contributed by atoms with van der Waals surface area (Å²) >= 11 is 0. The highest BCUT2D eigenvalue weighted by Gasteiger charge is 2.29. The van der Waals surface area contributed by atoms with Gasteiger partial charge in [-0.25, -0.2) is 0 Å². The Labute approximate surface area is 67.2 Å². The summed E-state index contributed by atoms with van der Waals surface area (Å²) < 4.78 is 0. The van der Waals surface area contributed by atoms with Gasteiger partial charge in [-0.15, -0.1) is 0 Å². The van der Waals surface area contributed by atoms with E-state index in [0.29, 0.717) is 6.54 Å². The van der Waals surface area contributed by atoms with Crippen LogP contribution in [0.5, 0.6) is 0 Å². The van der Waals surface area contributed by atoms with Crippen LogP contribution in [0.15, 0.2) is 0 Å². The molecule has 0 aromatic heterocycles. The molecule has 1 fully saturated rings. The van der Waals surface area contributed by atoms with Gasteiger partial charge in [0.25, 0.3) is 0 Å². The van der Waals surface area contributed by atoms with Gasteiger partial charge in [0.2, 0.25) is 0 Å². The molecule has 0 aliphatic heterocycles. The average molecular weight is 159 g/mol. The molecule has 1 aliphatic rings. The zero-order valence-electron chi connectivity index (χ0n) is 6.74. The van der Waals surface area contributed by atoms with Crippen LogP contribution in [0, 0.1) is 5.92 Å². The number of rotatable bonds is 2. The zero-order chi connectivity index (χ0) is 8.27. The number of hydrogen-bond donors (Lipinski definition) is 3. The Bertz CT molecular complexity index is 117. The van der Waals surface area contributed by atoms with E-state index in [2.05, 4.69) is 0 Å². The van der Waals surface area contributed by atoms with Gasteiger partial charge in [-0.05, 0) is 31.7 Å². The first-order chi connectivity index (χ1) is 5.25. The van der Waals surface area contributed by atoms with Crippen LogP contribution in [0.3, 0.4) is 0 Å². The lowest BCUT2D eigenvalue weighted by atomic mass is 9.82. The summed E-state index contributed by atoms with van der Waals surface area (Å²) in [5.74, 6) is 0.226. The maximum absolute atomic E-state index is 9.46. The monoisotopic (exact) mass is 159 g/mol. The first-order valence-corrected chi connectivity index (χ1v) is 4.32. The second-order valence-corrected chi connectivity index (χ2v) is 3.33. The Morgan fingerprint density at radius 3 is 2.64 bits per heavy atom. The lowest BCUT2D eigenvalue weighted by Gasteiger charge is -2.31. The average Bonchev–Trinajstić information content (AvgIpc) is 1.99. The molecule has 11 heavy (non-hydrogen) atoms. The quantitative estimate of drug-likeness (QED) is 0.525. The molecule has 0 bridgehead atoms. The van der Waals surface area contributed by atoms with Crippen LogP contribution < -0.4 is 5.73 Å². The van der Waals surface area contributed by atoms with Gasteiger partial charge in [0.15, 0.2) is 0 Å². The molecule has 3 heteroatoms. The molecular weight excluding hydrogens is 142 g/mol. The molecule has 0 spiro atoms. The van der Waals surface area contributed by atoms with E-state index in [-0.39, 0.29) is 5.92 Å². The molecule has 3 unspecified atom stereocenters. The number of nitrogens with two attached hydrogens (primary N) is 1. The fourth-order valence-electron chi connectivity index (χ4n) is 1.77. The van der Waals surface area contributed by atoms with Gasteiger partial charge in [0.1, 0.15) is 0 Å². The fraction of sp³-hybridized carbons (Fsp3) is 1.00. The Balaban J connectivity index is 2.38. The van der Waals surface area contributed by atoms with E-state index in [4.69, 9.17) is 5.73 Å². The highest BCUT2D eigenvalue weighted by atomic mass is 16.3. The van der Waals surface area contributed by atoms with E-state index in [1.165, 1.54) is 0 Å². The van der Waals surface area contributed by atoms with E-state index in [9.17, 15) is 10.2 Å². The van der Waals surface area contributed by atoms with Gasteiger partial charge in [-0.3, -0.25) is 0 Å². The van der Waals surface area contributed by atoms with Crippen LogP contribution >= 0.6 is 0 Å². The molecule has 0 saturated heterocycles. The number of aliphatic hydroxyl groups is 2. The second-order valence-electron chi connectivity index (χ2n) is 3.33. The van der Waals surface area contributed by atoms with E-state index in [1.54, 1.807) is 0 Å². The van der Waals surface area contributed by atoms with Crippen molar-refractivity contribution in [3.05, 3.63) is 0 Å². The lowest BCUT2D eigenvalue weighted by molar-refractivity contribution is -0.0459. The van der Waals surface area contributed by atoms with Gasteiger partial charge < -0.3 is 15.9 Å². The number of hydrogen-bond acceptors (Lipinski definition) is 3. The van der Waals surface area contributed by atoms with Crippen molar-refractivity contribution in [3.8, 4) is 0 Å². The van der Waals surface area contributed by atoms with Crippen LogP contribution in [0.25, 0.3) is 0 Å². The molecule has 0 aromatic carbocycles. The molecule has 1 rings (SSSR count).